The molecular weight excluding hydrogens is 416 g/mol. The Labute approximate surface area is 175 Å². The van der Waals surface area contributed by atoms with Crippen LogP contribution in [-0.2, 0) is 5.60 Å². The Morgan fingerprint density at radius 3 is 2.32 bits per heavy atom. The average molecular weight is 436 g/mol. The zero-order chi connectivity index (χ0) is 22.4. The zero-order valence-corrected chi connectivity index (χ0v) is 16.3. The van der Waals surface area contributed by atoms with E-state index in [1.807, 2.05) is 0 Å². The number of nitrogens with zero attached hydrogens (tertiary/aromatic N) is 2. The van der Waals surface area contributed by atoms with Crippen LogP contribution in [-0.4, -0.2) is 44.5 Å². The number of alkyl halides is 3. The molecule has 0 saturated heterocycles. The van der Waals surface area contributed by atoms with Gasteiger partial charge < -0.3 is 15.3 Å². The fraction of sp³-hybridized carbons (Fsp3) is 0.318. The van der Waals surface area contributed by atoms with Gasteiger partial charge in [-0.1, -0.05) is 24.3 Å². The third-order valence-corrected chi connectivity index (χ3v) is 5.70. The smallest absolute Gasteiger partial charge is 0.396 e. The molecule has 0 spiro atoms. The minimum atomic E-state index is -5.06. The fourth-order valence-corrected chi connectivity index (χ4v) is 4.26. The highest BCUT2D eigenvalue weighted by molar-refractivity contribution is 5.92. The van der Waals surface area contributed by atoms with E-state index in [0.717, 1.165) is 12.1 Å². The molecule has 1 heterocycles. The second kappa shape index (κ2) is 7.74. The zero-order valence-electron chi connectivity index (χ0n) is 16.3. The molecule has 4 rings (SSSR count). The van der Waals surface area contributed by atoms with Crippen molar-refractivity contribution in [3.8, 4) is 22.3 Å². The molecule has 5 nitrogen and oxygen atoms in total. The summed E-state index contributed by atoms with van der Waals surface area (Å²) in [7, 11) is 0. The number of aliphatic hydroxyl groups is 3. The van der Waals surface area contributed by atoms with Gasteiger partial charge in [0.25, 0.3) is 0 Å². The van der Waals surface area contributed by atoms with E-state index >= 15 is 0 Å². The summed E-state index contributed by atoms with van der Waals surface area (Å²) < 4.78 is 58.0. The van der Waals surface area contributed by atoms with E-state index in [-0.39, 0.29) is 41.5 Å². The lowest BCUT2D eigenvalue weighted by molar-refractivity contribution is -0.246. The van der Waals surface area contributed by atoms with Gasteiger partial charge in [-0.15, -0.1) is 0 Å². The van der Waals surface area contributed by atoms with Crippen LogP contribution in [0.3, 0.4) is 0 Å². The molecule has 1 aliphatic carbocycles. The summed E-state index contributed by atoms with van der Waals surface area (Å²) in [5.74, 6) is -0.917. The Morgan fingerprint density at radius 2 is 1.68 bits per heavy atom. The molecule has 9 heteroatoms. The van der Waals surface area contributed by atoms with E-state index in [1.54, 1.807) is 12.3 Å². The quantitative estimate of drug-likeness (QED) is 0.514. The van der Waals surface area contributed by atoms with Crippen molar-refractivity contribution in [1.82, 2.24) is 9.78 Å². The summed E-state index contributed by atoms with van der Waals surface area (Å²) in [6, 6.07) is 7.11. The number of halogens is 4. The first-order valence-electron chi connectivity index (χ1n) is 9.71. The van der Waals surface area contributed by atoms with Crippen molar-refractivity contribution in [1.29, 1.82) is 0 Å². The van der Waals surface area contributed by atoms with E-state index < -0.39 is 23.2 Å². The molecule has 31 heavy (non-hydrogen) atoms. The average Bonchev–Trinajstić information content (AvgIpc) is 3.30. The van der Waals surface area contributed by atoms with Gasteiger partial charge in [0.05, 0.1) is 12.2 Å². The van der Waals surface area contributed by atoms with Crippen LogP contribution in [0.25, 0.3) is 22.3 Å². The van der Waals surface area contributed by atoms with E-state index in [9.17, 15) is 32.9 Å². The van der Waals surface area contributed by atoms with Crippen LogP contribution in [0.1, 0.15) is 30.0 Å². The number of hydrogen-bond donors (Lipinski definition) is 3. The van der Waals surface area contributed by atoms with Crippen LogP contribution < -0.4 is 0 Å². The summed E-state index contributed by atoms with van der Waals surface area (Å²) in [6.07, 6.45) is -1.49. The van der Waals surface area contributed by atoms with Crippen molar-refractivity contribution in [3.05, 3.63) is 65.7 Å². The molecular formula is C22H20F4N2O3. The second-order valence-corrected chi connectivity index (χ2v) is 7.52. The van der Waals surface area contributed by atoms with Crippen molar-refractivity contribution >= 4 is 0 Å². The highest BCUT2D eigenvalue weighted by Crippen LogP contribution is 2.57. The number of rotatable bonds is 6. The third-order valence-electron chi connectivity index (χ3n) is 5.70. The van der Waals surface area contributed by atoms with Crippen LogP contribution in [0.2, 0.25) is 0 Å². The number of fused-ring (bicyclic) bond motifs is 3. The van der Waals surface area contributed by atoms with Crippen LogP contribution in [0.4, 0.5) is 17.6 Å². The molecule has 1 aromatic heterocycles. The van der Waals surface area contributed by atoms with Crippen molar-refractivity contribution in [2.24, 2.45) is 0 Å². The predicted molar refractivity (Wildman–Crippen MR) is 105 cm³/mol. The van der Waals surface area contributed by atoms with Gasteiger partial charge in [0, 0.05) is 36.1 Å². The van der Waals surface area contributed by atoms with Crippen LogP contribution >= 0.6 is 0 Å². The lowest BCUT2D eigenvalue weighted by Gasteiger charge is -2.28. The number of aliphatic hydroxyl groups excluding tert-OH is 2. The summed E-state index contributed by atoms with van der Waals surface area (Å²) >= 11 is 0. The topological polar surface area (TPSA) is 78.5 Å². The predicted octanol–water partition coefficient (Wildman–Crippen LogP) is 3.77. The van der Waals surface area contributed by atoms with E-state index in [2.05, 4.69) is 5.10 Å². The Bertz CT molecular complexity index is 1110. The summed E-state index contributed by atoms with van der Waals surface area (Å²) in [5.41, 5.74) is -3.46. The molecule has 1 atom stereocenters. The molecule has 0 aliphatic heterocycles. The number of hydrogen-bond acceptors (Lipinski definition) is 4. The van der Waals surface area contributed by atoms with Crippen molar-refractivity contribution in [2.75, 3.05) is 13.2 Å². The van der Waals surface area contributed by atoms with Crippen molar-refractivity contribution in [2.45, 2.75) is 30.7 Å². The maximum Gasteiger partial charge on any atom is 0.425 e. The summed E-state index contributed by atoms with van der Waals surface area (Å²) in [5, 5.41) is 33.5. The van der Waals surface area contributed by atoms with E-state index in [1.165, 1.54) is 29.1 Å². The minimum Gasteiger partial charge on any atom is -0.396 e. The molecule has 1 aliphatic rings. The Hall–Kier alpha value is -2.75. The van der Waals surface area contributed by atoms with Gasteiger partial charge >= 0.3 is 6.18 Å². The van der Waals surface area contributed by atoms with Crippen LogP contribution in [0.5, 0.6) is 0 Å². The second-order valence-electron chi connectivity index (χ2n) is 7.52. The molecule has 0 fully saturated rings. The van der Waals surface area contributed by atoms with Gasteiger partial charge in [0.1, 0.15) is 5.82 Å². The van der Waals surface area contributed by atoms with Gasteiger partial charge in [-0.05, 0) is 41.7 Å². The SMILES string of the molecule is OCCC(CCO)n1cc(-c2cc(F)cc3c2-c2ccccc2C3(O)C(F)(F)F)cn1. The van der Waals surface area contributed by atoms with E-state index in [4.69, 9.17) is 0 Å². The number of benzene rings is 2. The molecule has 0 amide bonds. The maximum atomic E-state index is 14.5. The molecule has 2 aromatic carbocycles. The first-order chi connectivity index (χ1) is 14.7. The van der Waals surface area contributed by atoms with Gasteiger partial charge in [0.15, 0.2) is 0 Å². The van der Waals surface area contributed by atoms with Gasteiger partial charge in [-0.3, -0.25) is 4.68 Å². The van der Waals surface area contributed by atoms with E-state index in [0.29, 0.717) is 18.4 Å². The minimum absolute atomic E-state index is 0.0947. The molecule has 0 saturated carbocycles. The van der Waals surface area contributed by atoms with Crippen molar-refractivity contribution in [3.63, 3.8) is 0 Å². The van der Waals surface area contributed by atoms with Gasteiger partial charge in [0.2, 0.25) is 5.60 Å². The molecule has 0 bridgehead atoms. The molecule has 3 aromatic rings. The lowest BCUT2D eigenvalue weighted by Crippen LogP contribution is -2.41. The maximum absolute atomic E-state index is 14.5. The van der Waals surface area contributed by atoms with Crippen LogP contribution in [0, 0.1) is 5.82 Å². The largest absolute Gasteiger partial charge is 0.425 e. The Balaban J connectivity index is 1.93. The normalized spacial score (nSPS) is 17.8. The standard InChI is InChI=1S/C22H20F4N2O3/c23-14-9-17(13-11-27-28(12-13)15(5-7-29)6-8-30)20-16-3-1-2-4-18(16)21(31,19(20)10-14)22(24,25)26/h1-4,9-12,15,29-31H,5-8H2. The monoisotopic (exact) mass is 436 g/mol. The van der Waals surface area contributed by atoms with Crippen LogP contribution in [0.15, 0.2) is 48.8 Å². The molecule has 3 N–H and O–H groups in total. The molecule has 1 unspecified atom stereocenters. The van der Waals surface area contributed by atoms with Gasteiger partial charge in [-0.25, -0.2) is 4.39 Å². The first kappa shape index (κ1) is 21.5. The highest BCUT2D eigenvalue weighted by Gasteiger charge is 2.61. The fourth-order valence-electron chi connectivity index (χ4n) is 4.26. The molecule has 0 radical (unpaired) electrons. The van der Waals surface area contributed by atoms with Gasteiger partial charge in [-0.2, -0.15) is 18.3 Å². The lowest BCUT2D eigenvalue weighted by atomic mass is 9.89. The summed E-state index contributed by atoms with van der Waals surface area (Å²) in [6.45, 7) is -0.275. The Morgan fingerprint density at radius 1 is 1.00 bits per heavy atom. The highest BCUT2D eigenvalue weighted by atomic mass is 19.4. The first-order valence-corrected chi connectivity index (χ1v) is 9.71. The third kappa shape index (κ3) is 3.33. The summed E-state index contributed by atoms with van der Waals surface area (Å²) in [4.78, 5) is 0. The number of aromatic nitrogens is 2. The molecule has 164 valence electrons. The Kier molecular flexibility index (Phi) is 5.36. The van der Waals surface area contributed by atoms with Crippen molar-refractivity contribution < 1.29 is 32.9 Å².